The standard InChI is InChI=1S/C21H16N2/c1-2-6-20-18(4-1)11-13-23-21(20)14-16-7-9-17(10-8-16)19-5-3-12-22-15-19/h1-13,15H,14H2. The zero-order valence-electron chi connectivity index (χ0n) is 12.7. The van der Waals surface area contributed by atoms with E-state index >= 15 is 0 Å². The van der Waals surface area contributed by atoms with Crippen molar-refractivity contribution >= 4 is 10.8 Å². The number of hydrogen-bond acceptors (Lipinski definition) is 2. The fourth-order valence-corrected chi connectivity index (χ4v) is 2.87. The molecule has 0 unspecified atom stereocenters. The lowest BCUT2D eigenvalue weighted by molar-refractivity contribution is 1.10. The van der Waals surface area contributed by atoms with Crippen LogP contribution in [-0.2, 0) is 6.42 Å². The maximum Gasteiger partial charge on any atom is 0.0525 e. The summed E-state index contributed by atoms with van der Waals surface area (Å²) in [5.41, 5.74) is 4.72. The van der Waals surface area contributed by atoms with Gasteiger partial charge in [-0.3, -0.25) is 9.97 Å². The molecule has 0 fully saturated rings. The van der Waals surface area contributed by atoms with E-state index < -0.39 is 0 Å². The van der Waals surface area contributed by atoms with Crippen LogP contribution in [0.4, 0.5) is 0 Å². The van der Waals surface area contributed by atoms with Crippen LogP contribution in [0, 0.1) is 0 Å². The van der Waals surface area contributed by atoms with Gasteiger partial charge in [0.15, 0.2) is 0 Å². The second kappa shape index (κ2) is 6.01. The fourth-order valence-electron chi connectivity index (χ4n) is 2.87. The summed E-state index contributed by atoms with van der Waals surface area (Å²) in [7, 11) is 0. The highest BCUT2D eigenvalue weighted by atomic mass is 14.7. The molecule has 4 aromatic rings. The summed E-state index contributed by atoms with van der Waals surface area (Å²) < 4.78 is 0. The van der Waals surface area contributed by atoms with Gasteiger partial charge >= 0.3 is 0 Å². The van der Waals surface area contributed by atoms with Gasteiger partial charge in [0, 0.05) is 30.4 Å². The maximum absolute atomic E-state index is 4.57. The van der Waals surface area contributed by atoms with Crippen molar-refractivity contribution in [2.45, 2.75) is 6.42 Å². The van der Waals surface area contributed by atoms with Crippen molar-refractivity contribution in [2.75, 3.05) is 0 Å². The van der Waals surface area contributed by atoms with Crippen LogP contribution in [0.3, 0.4) is 0 Å². The minimum atomic E-state index is 0.842. The molecule has 0 N–H and O–H groups in total. The van der Waals surface area contributed by atoms with E-state index in [1.54, 1.807) is 6.20 Å². The molecule has 2 nitrogen and oxygen atoms in total. The minimum Gasteiger partial charge on any atom is -0.264 e. The summed E-state index contributed by atoms with van der Waals surface area (Å²) in [4.78, 5) is 8.75. The molecule has 0 saturated heterocycles. The van der Waals surface area contributed by atoms with Crippen molar-refractivity contribution < 1.29 is 0 Å². The summed E-state index contributed by atoms with van der Waals surface area (Å²) in [6.07, 6.45) is 6.42. The molecule has 4 rings (SSSR count). The normalized spacial score (nSPS) is 10.8. The molecule has 110 valence electrons. The van der Waals surface area contributed by atoms with E-state index in [1.807, 2.05) is 18.5 Å². The molecule has 0 radical (unpaired) electrons. The Hall–Kier alpha value is -3.00. The third kappa shape index (κ3) is 2.84. The van der Waals surface area contributed by atoms with Crippen LogP contribution < -0.4 is 0 Å². The zero-order valence-corrected chi connectivity index (χ0v) is 12.7. The number of fused-ring (bicyclic) bond motifs is 1. The van der Waals surface area contributed by atoms with Crippen LogP contribution >= 0.6 is 0 Å². The molecular weight excluding hydrogens is 280 g/mol. The average molecular weight is 296 g/mol. The lowest BCUT2D eigenvalue weighted by Gasteiger charge is -2.07. The molecule has 2 heterocycles. The van der Waals surface area contributed by atoms with Gasteiger partial charge in [0.05, 0.1) is 5.69 Å². The average Bonchev–Trinajstić information content (AvgIpc) is 2.63. The van der Waals surface area contributed by atoms with Gasteiger partial charge in [-0.2, -0.15) is 0 Å². The number of aromatic nitrogens is 2. The first-order valence-electron chi connectivity index (χ1n) is 7.72. The number of rotatable bonds is 3. The third-order valence-electron chi connectivity index (χ3n) is 4.08. The Morgan fingerprint density at radius 3 is 2.39 bits per heavy atom. The van der Waals surface area contributed by atoms with Gasteiger partial charge in [-0.25, -0.2) is 0 Å². The molecule has 0 saturated carbocycles. The van der Waals surface area contributed by atoms with Crippen LogP contribution in [-0.4, -0.2) is 9.97 Å². The van der Waals surface area contributed by atoms with Gasteiger partial charge in [-0.15, -0.1) is 0 Å². The van der Waals surface area contributed by atoms with E-state index in [9.17, 15) is 0 Å². The van der Waals surface area contributed by atoms with Gasteiger partial charge in [-0.1, -0.05) is 54.6 Å². The largest absolute Gasteiger partial charge is 0.264 e. The first kappa shape index (κ1) is 13.6. The Balaban J connectivity index is 1.64. The Labute approximate surface area is 135 Å². The predicted octanol–water partition coefficient (Wildman–Crippen LogP) is 4.89. The van der Waals surface area contributed by atoms with Gasteiger partial charge in [-0.05, 0) is 34.2 Å². The fraction of sp³-hybridized carbons (Fsp3) is 0.0476. The van der Waals surface area contributed by atoms with Gasteiger partial charge < -0.3 is 0 Å². The summed E-state index contributed by atoms with van der Waals surface area (Å²) in [5, 5.41) is 2.47. The molecular formula is C21H16N2. The first-order chi connectivity index (χ1) is 11.4. The molecule has 0 aliphatic heterocycles. The number of benzene rings is 2. The van der Waals surface area contributed by atoms with E-state index in [0.717, 1.165) is 17.7 Å². The molecule has 0 amide bonds. The topological polar surface area (TPSA) is 25.8 Å². The van der Waals surface area contributed by atoms with Crippen molar-refractivity contribution in [1.29, 1.82) is 0 Å². The molecule has 0 bridgehead atoms. The van der Waals surface area contributed by atoms with E-state index in [4.69, 9.17) is 0 Å². The summed E-state index contributed by atoms with van der Waals surface area (Å²) in [6, 6.07) is 23.1. The molecule has 0 atom stereocenters. The number of hydrogen-bond donors (Lipinski definition) is 0. The quantitative estimate of drug-likeness (QED) is 0.538. The highest BCUT2D eigenvalue weighted by Gasteiger charge is 2.04. The van der Waals surface area contributed by atoms with Crippen molar-refractivity contribution in [3.8, 4) is 11.1 Å². The molecule has 0 aliphatic rings. The summed E-state index contributed by atoms with van der Waals surface area (Å²) in [5.74, 6) is 0. The van der Waals surface area contributed by atoms with Gasteiger partial charge in [0.2, 0.25) is 0 Å². The number of nitrogens with zero attached hydrogens (tertiary/aromatic N) is 2. The predicted molar refractivity (Wildman–Crippen MR) is 94.2 cm³/mol. The molecule has 23 heavy (non-hydrogen) atoms. The lowest BCUT2D eigenvalue weighted by atomic mass is 10.0. The van der Waals surface area contributed by atoms with E-state index in [0.29, 0.717) is 0 Å². The van der Waals surface area contributed by atoms with Gasteiger partial charge in [0.25, 0.3) is 0 Å². The van der Waals surface area contributed by atoms with Crippen molar-refractivity contribution in [3.63, 3.8) is 0 Å². The van der Waals surface area contributed by atoms with Crippen molar-refractivity contribution in [1.82, 2.24) is 9.97 Å². The van der Waals surface area contributed by atoms with Crippen LogP contribution in [0.25, 0.3) is 21.9 Å². The Morgan fingerprint density at radius 1 is 0.696 bits per heavy atom. The highest BCUT2D eigenvalue weighted by Crippen LogP contribution is 2.22. The van der Waals surface area contributed by atoms with Crippen LogP contribution in [0.1, 0.15) is 11.3 Å². The zero-order chi connectivity index (χ0) is 15.5. The van der Waals surface area contributed by atoms with Crippen LogP contribution in [0.2, 0.25) is 0 Å². The SMILES string of the molecule is c1cncc(-c2ccc(Cc3nccc4ccccc34)cc2)c1. The molecule has 0 spiro atoms. The molecule has 0 aliphatic carbocycles. The highest BCUT2D eigenvalue weighted by molar-refractivity contribution is 5.84. The van der Waals surface area contributed by atoms with E-state index in [-0.39, 0.29) is 0 Å². The molecule has 2 aromatic carbocycles. The first-order valence-corrected chi connectivity index (χ1v) is 7.72. The molecule has 2 heteroatoms. The second-order valence-electron chi connectivity index (χ2n) is 5.59. The Morgan fingerprint density at radius 2 is 1.57 bits per heavy atom. The van der Waals surface area contributed by atoms with E-state index in [1.165, 1.54) is 21.9 Å². The maximum atomic E-state index is 4.57. The monoisotopic (exact) mass is 296 g/mol. The van der Waals surface area contributed by atoms with Crippen molar-refractivity contribution in [3.05, 3.63) is 96.6 Å². The molecule has 2 aromatic heterocycles. The summed E-state index contributed by atoms with van der Waals surface area (Å²) in [6.45, 7) is 0. The van der Waals surface area contributed by atoms with Crippen LogP contribution in [0.15, 0.2) is 85.3 Å². The summed E-state index contributed by atoms with van der Waals surface area (Å²) >= 11 is 0. The minimum absolute atomic E-state index is 0.842. The lowest BCUT2D eigenvalue weighted by Crippen LogP contribution is -1.93. The van der Waals surface area contributed by atoms with Gasteiger partial charge in [0.1, 0.15) is 0 Å². The smallest absolute Gasteiger partial charge is 0.0525 e. The Bertz CT molecular complexity index is 923. The van der Waals surface area contributed by atoms with Crippen molar-refractivity contribution in [2.24, 2.45) is 0 Å². The van der Waals surface area contributed by atoms with Crippen LogP contribution in [0.5, 0.6) is 0 Å². The second-order valence-corrected chi connectivity index (χ2v) is 5.59. The Kier molecular flexibility index (Phi) is 3.57. The van der Waals surface area contributed by atoms with E-state index in [2.05, 4.69) is 70.6 Å². The number of pyridine rings is 2. The third-order valence-corrected chi connectivity index (χ3v) is 4.08.